The fourth-order valence-corrected chi connectivity index (χ4v) is 3.37. The van der Waals surface area contributed by atoms with E-state index in [2.05, 4.69) is 9.84 Å². The summed E-state index contributed by atoms with van der Waals surface area (Å²) in [6, 6.07) is 7.41. The van der Waals surface area contributed by atoms with Gasteiger partial charge < -0.3 is 14.4 Å². The predicted octanol–water partition coefficient (Wildman–Crippen LogP) is 5.49. The van der Waals surface area contributed by atoms with E-state index < -0.39 is 12.0 Å². The molecule has 6 nitrogen and oxygen atoms in total. The normalized spacial score (nSPS) is 17.4. The van der Waals surface area contributed by atoms with Gasteiger partial charge in [-0.05, 0) is 76.9 Å². The Labute approximate surface area is 179 Å². The molecule has 0 aliphatic carbocycles. The zero-order chi connectivity index (χ0) is 23.0. The van der Waals surface area contributed by atoms with Crippen LogP contribution < -0.4 is 4.74 Å². The average molecular weight is 437 g/mol. The molecule has 1 aromatic heterocycles. The number of hydrogen-bond donors (Lipinski definition) is 0. The third kappa shape index (κ3) is 5.80. The summed E-state index contributed by atoms with van der Waals surface area (Å²) in [6.07, 6.45) is -2.50. The molecular weight excluding hydrogens is 411 g/mol. The Kier molecular flexibility index (Phi) is 6.07. The van der Waals surface area contributed by atoms with Crippen LogP contribution in [0.4, 0.5) is 18.0 Å². The molecule has 168 valence electrons. The molecule has 31 heavy (non-hydrogen) atoms. The third-order valence-corrected chi connectivity index (χ3v) is 4.74. The molecule has 1 unspecified atom stereocenters. The van der Waals surface area contributed by atoms with E-state index in [1.165, 1.54) is 24.3 Å². The van der Waals surface area contributed by atoms with Gasteiger partial charge in [0.2, 0.25) is 0 Å². The third-order valence-electron chi connectivity index (χ3n) is 4.74. The number of alkyl halides is 3. The molecule has 1 amide bonds. The van der Waals surface area contributed by atoms with Gasteiger partial charge in [-0.15, -0.1) is 13.2 Å². The number of carbonyl (C=O) groups is 1. The summed E-state index contributed by atoms with van der Waals surface area (Å²) < 4.78 is 48.1. The topological polar surface area (TPSA) is 56.6 Å². The maximum absolute atomic E-state index is 12.4. The van der Waals surface area contributed by atoms with E-state index in [1.54, 1.807) is 9.58 Å². The number of amides is 1. The van der Waals surface area contributed by atoms with Crippen LogP contribution in [-0.2, 0) is 4.74 Å². The van der Waals surface area contributed by atoms with Crippen LogP contribution in [0.25, 0.3) is 11.3 Å². The molecule has 0 N–H and O–H groups in total. The van der Waals surface area contributed by atoms with E-state index in [0.29, 0.717) is 18.7 Å². The summed E-state index contributed by atoms with van der Waals surface area (Å²) in [5.41, 5.74) is 2.67. The number of carbonyl (C=O) groups excluding carboxylic acids is 1. The summed E-state index contributed by atoms with van der Waals surface area (Å²) in [4.78, 5) is 14.1. The van der Waals surface area contributed by atoms with E-state index in [-0.39, 0.29) is 17.9 Å². The first-order valence-corrected chi connectivity index (χ1v) is 9.94. The lowest BCUT2D eigenvalue weighted by molar-refractivity contribution is -0.274. The summed E-state index contributed by atoms with van der Waals surface area (Å²) in [5, 5.41) is 4.62. The average Bonchev–Trinajstić information content (AvgIpc) is 3.01. The number of ether oxygens (including phenoxy) is 2. The van der Waals surface area contributed by atoms with Crippen LogP contribution in [0.3, 0.4) is 0 Å². The van der Waals surface area contributed by atoms with Gasteiger partial charge in [0.05, 0.1) is 11.4 Å². The van der Waals surface area contributed by atoms with Gasteiger partial charge >= 0.3 is 12.5 Å². The van der Waals surface area contributed by atoms with Gasteiger partial charge in [0.15, 0.2) is 0 Å². The molecule has 0 fully saturated rings. The molecule has 9 heteroatoms. The van der Waals surface area contributed by atoms with Crippen molar-refractivity contribution in [3.63, 3.8) is 0 Å². The second-order valence-corrected chi connectivity index (χ2v) is 8.54. The van der Waals surface area contributed by atoms with Gasteiger partial charge in [0.25, 0.3) is 0 Å². The van der Waals surface area contributed by atoms with Crippen molar-refractivity contribution in [2.75, 3.05) is 6.54 Å². The highest BCUT2D eigenvalue weighted by atomic mass is 19.4. The molecule has 1 aliphatic rings. The van der Waals surface area contributed by atoms with E-state index in [0.717, 1.165) is 17.0 Å². The van der Waals surface area contributed by atoms with Crippen molar-refractivity contribution in [2.45, 2.75) is 59.0 Å². The van der Waals surface area contributed by atoms with E-state index >= 15 is 0 Å². The number of benzene rings is 1. The Hall–Kier alpha value is -2.97. The van der Waals surface area contributed by atoms with Crippen LogP contribution in [0.5, 0.6) is 5.75 Å². The molecule has 0 bridgehead atoms. The van der Waals surface area contributed by atoms with Crippen LogP contribution >= 0.6 is 0 Å². The van der Waals surface area contributed by atoms with Crippen molar-refractivity contribution in [3.8, 4) is 11.4 Å². The van der Waals surface area contributed by atoms with Crippen LogP contribution in [-0.4, -0.2) is 45.3 Å². The lowest BCUT2D eigenvalue weighted by Crippen LogP contribution is -2.44. The van der Waals surface area contributed by atoms with Crippen LogP contribution in [0.2, 0.25) is 0 Å². The molecule has 2 aromatic rings. The van der Waals surface area contributed by atoms with Crippen molar-refractivity contribution in [2.24, 2.45) is 0 Å². The molecule has 1 atom stereocenters. The first-order chi connectivity index (χ1) is 14.3. The standard InChI is InChI=1S/C22H26F3N3O3/c1-14-12-16(10-11-27(14)20(29)31-21(3,4)5)19-13-15(2)28(26-19)17-6-8-18(9-7-17)30-22(23,24)25/h6-10,13-14H,11-12H2,1-5H3. The first-order valence-electron chi connectivity index (χ1n) is 9.94. The van der Waals surface area contributed by atoms with Crippen molar-refractivity contribution in [1.29, 1.82) is 0 Å². The molecule has 2 heterocycles. The molecule has 3 rings (SSSR count). The maximum atomic E-state index is 12.4. The monoisotopic (exact) mass is 437 g/mol. The van der Waals surface area contributed by atoms with Crippen molar-refractivity contribution in [3.05, 3.63) is 47.8 Å². The highest BCUT2D eigenvalue weighted by molar-refractivity contribution is 5.72. The molecule has 0 spiro atoms. The molecule has 0 radical (unpaired) electrons. The lowest BCUT2D eigenvalue weighted by atomic mass is 9.99. The van der Waals surface area contributed by atoms with Gasteiger partial charge in [-0.25, -0.2) is 9.48 Å². The summed E-state index contributed by atoms with van der Waals surface area (Å²) in [5.74, 6) is -0.285. The summed E-state index contributed by atoms with van der Waals surface area (Å²) in [7, 11) is 0. The Bertz CT molecular complexity index is 973. The Morgan fingerprint density at radius 2 is 1.81 bits per heavy atom. The van der Waals surface area contributed by atoms with Crippen LogP contribution in [0.15, 0.2) is 36.4 Å². The van der Waals surface area contributed by atoms with E-state index in [4.69, 9.17) is 4.74 Å². The summed E-state index contributed by atoms with van der Waals surface area (Å²) >= 11 is 0. The molecular formula is C22H26F3N3O3. The molecule has 1 aromatic carbocycles. The van der Waals surface area contributed by atoms with Crippen LogP contribution in [0.1, 0.15) is 45.5 Å². The maximum Gasteiger partial charge on any atom is 0.573 e. The van der Waals surface area contributed by atoms with Gasteiger partial charge in [0, 0.05) is 18.3 Å². The van der Waals surface area contributed by atoms with Gasteiger partial charge in [-0.3, -0.25) is 0 Å². The van der Waals surface area contributed by atoms with E-state index in [1.807, 2.05) is 46.8 Å². The Balaban J connectivity index is 1.76. The SMILES string of the molecule is Cc1cc(C2=CCN(C(=O)OC(C)(C)C)C(C)C2)nn1-c1ccc(OC(F)(F)F)cc1. The Morgan fingerprint density at radius 3 is 2.35 bits per heavy atom. The van der Waals surface area contributed by atoms with Crippen molar-refractivity contribution in [1.82, 2.24) is 14.7 Å². The van der Waals surface area contributed by atoms with Crippen molar-refractivity contribution >= 4 is 11.7 Å². The molecule has 0 saturated heterocycles. The zero-order valence-electron chi connectivity index (χ0n) is 18.2. The van der Waals surface area contributed by atoms with Gasteiger partial charge in [0.1, 0.15) is 11.4 Å². The molecule has 0 saturated carbocycles. The number of rotatable bonds is 3. The number of nitrogens with zero attached hydrogens (tertiary/aromatic N) is 3. The minimum Gasteiger partial charge on any atom is -0.444 e. The number of aromatic nitrogens is 2. The largest absolute Gasteiger partial charge is 0.573 e. The zero-order valence-corrected chi connectivity index (χ0v) is 18.2. The second kappa shape index (κ2) is 8.28. The summed E-state index contributed by atoms with van der Waals surface area (Å²) in [6.45, 7) is 9.74. The number of aryl methyl sites for hydroxylation is 1. The van der Waals surface area contributed by atoms with Crippen molar-refractivity contribution < 1.29 is 27.4 Å². The van der Waals surface area contributed by atoms with Gasteiger partial charge in [-0.1, -0.05) is 6.08 Å². The lowest BCUT2D eigenvalue weighted by Gasteiger charge is -2.34. The minimum absolute atomic E-state index is 0.0564. The second-order valence-electron chi connectivity index (χ2n) is 8.54. The number of halogens is 3. The fraction of sp³-hybridized carbons (Fsp3) is 0.455. The highest BCUT2D eigenvalue weighted by Crippen LogP contribution is 2.29. The Morgan fingerprint density at radius 1 is 1.16 bits per heavy atom. The fourth-order valence-electron chi connectivity index (χ4n) is 3.37. The minimum atomic E-state index is -4.73. The predicted molar refractivity (Wildman–Crippen MR) is 110 cm³/mol. The smallest absolute Gasteiger partial charge is 0.444 e. The highest BCUT2D eigenvalue weighted by Gasteiger charge is 2.31. The number of hydrogen-bond acceptors (Lipinski definition) is 4. The molecule has 1 aliphatic heterocycles. The van der Waals surface area contributed by atoms with Gasteiger partial charge in [-0.2, -0.15) is 5.10 Å². The quantitative estimate of drug-likeness (QED) is 0.637. The first kappa shape index (κ1) is 22.7. The van der Waals surface area contributed by atoms with E-state index in [9.17, 15) is 18.0 Å². The van der Waals surface area contributed by atoms with Crippen LogP contribution in [0, 0.1) is 6.92 Å².